The lowest BCUT2D eigenvalue weighted by molar-refractivity contribution is -0.119. The topological polar surface area (TPSA) is 41.1 Å². The summed E-state index contributed by atoms with van der Waals surface area (Å²) < 4.78 is 0. The first-order valence-electron chi connectivity index (χ1n) is 8.08. The number of carbonyl (C=O) groups is 1. The Bertz CT molecular complexity index is 705. The number of amides is 1. The van der Waals surface area contributed by atoms with Crippen LogP contribution in [0.5, 0.6) is 0 Å². The molecule has 122 valence electrons. The highest BCUT2D eigenvalue weighted by atomic mass is 16.2. The van der Waals surface area contributed by atoms with Gasteiger partial charge in [0.25, 0.3) is 0 Å². The summed E-state index contributed by atoms with van der Waals surface area (Å²) in [5, 5.41) is 6.37. The van der Waals surface area contributed by atoms with Gasteiger partial charge in [0.15, 0.2) is 0 Å². The molecule has 2 rings (SSSR count). The van der Waals surface area contributed by atoms with Crippen LogP contribution in [-0.4, -0.2) is 11.4 Å². The van der Waals surface area contributed by atoms with Crippen molar-refractivity contribution in [2.45, 2.75) is 46.6 Å². The van der Waals surface area contributed by atoms with Gasteiger partial charge in [0.2, 0.25) is 5.91 Å². The predicted molar refractivity (Wildman–Crippen MR) is 98.1 cm³/mol. The van der Waals surface area contributed by atoms with E-state index in [0.29, 0.717) is 0 Å². The van der Waals surface area contributed by atoms with E-state index in [1.807, 2.05) is 44.2 Å². The molecule has 2 N–H and O–H groups in total. The van der Waals surface area contributed by atoms with Crippen LogP contribution >= 0.6 is 0 Å². The number of hydrogen-bond donors (Lipinski definition) is 2. The van der Waals surface area contributed by atoms with Gasteiger partial charge in [0.05, 0.1) is 0 Å². The third-order valence-electron chi connectivity index (χ3n) is 4.21. The van der Waals surface area contributed by atoms with Gasteiger partial charge in [0, 0.05) is 11.4 Å². The van der Waals surface area contributed by atoms with E-state index < -0.39 is 5.54 Å². The summed E-state index contributed by atoms with van der Waals surface area (Å²) in [5.41, 5.74) is 4.71. The molecule has 0 aliphatic carbocycles. The van der Waals surface area contributed by atoms with E-state index in [9.17, 15) is 4.79 Å². The van der Waals surface area contributed by atoms with E-state index >= 15 is 0 Å². The lowest BCUT2D eigenvalue weighted by Gasteiger charge is -2.27. The van der Waals surface area contributed by atoms with Crippen molar-refractivity contribution in [3.05, 3.63) is 59.2 Å². The fourth-order valence-electron chi connectivity index (χ4n) is 2.44. The SMILES string of the molecule is CCc1cccc(NC(=O)C(C)(C)Nc2cccc(C)c2C)c1. The maximum absolute atomic E-state index is 12.7. The predicted octanol–water partition coefficient (Wildman–Crippen LogP) is 4.70. The highest BCUT2D eigenvalue weighted by Gasteiger charge is 2.28. The van der Waals surface area contributed by atoms with Crippen LogP contribution in [0.2, 0.25) is 0 Å². The van der Waals surface area contributed by atoms with Gasteiger partial charge in [-0.05, 0) is 69.0 Å². The van der Waals surface area contributed by atoms with Crippen LogP contribution in [0.25, 0.3) is 0 Å². The van der Waals surface area contributed by atoms with Crippen molar-refractivity contribution in [3.63, 3.8) is 0 Å². The standard InChI is InChI=1S/C20H26N2O/c1-6-16-10-8-11-17(13-16)21-19(23)20(4,5)22-18-12-7-9-14(2)15(18)3/h7-13,22H,6H2,1-5H3,(H,21,23). The second-order valence-electron chi connectivity index (χ2n) is 6.51. The van der Waals surface area contributed by atoms with Crippen LogP contribution in [0.1, 0.15) is 37.5 Å². The average molecular weight is 310 g/mol. The van der Waals surface area contributed by atoms with Crippen LogP contribution in [0.3, 0.4) is 0 Å². The first-order valence-corrected chi connectivity index (χ1v) is 8.08. The molecule has 3 heteroatoms. The quantitative estimate of drug-likeness (QED) is 0.841. The van der Waals surface area contributed by atoms with Gasteiger partial charge in [-0.15, -0.1) is 0 Å². The molecule has 0 spiro atoms. The first kappa shape index (κ1) is 17.1. The first-order chi connectivity index (χ1) is 10.8. The molecule has 0 fully saturated rings. The lowest BCUT2D eigenvalue weighted by atomic mass is 10.0. The fourth-order valence-corrected chi connectivity index (χ4v) is 2.44. The van der Waals surface area contributed by atoms with Crippen molar-refractivity contribution in [2.75, 3.05) is 10.6 Å². The zero-order valence-electron chi connectivity index (χ0n) is 14.7. The molecule has 0 bridgehead atoms. The van der Waals surface area contributed by atoms with Crippen LogP contribution in [0.4, 0.5) is 11.4 Å². The molecular weight excluding hydrogens is 284 g/mol. The zero-order chi connectivity index (χ0) is 17.0. The molecule has 23 heavy (non-hydrogen) atoms. The van der Waals surface area contributed by atoms with Gasteiger partial charge in [-0.25, -0.2) is 0 Å². The smallest absolute Gasteiger partial charge is 0.249 e. The number of benzene rings is 2. The monoisotopic (exact) mass is 310 g/mol. The van der Waals surface area contributed by atoms with E-state index in [1.165, 1.54) is 16.7 Å². The number of anilines is 2. The van der Waals surface area contributed by atoms with E-state index in [1.54, 1.807) is 0 Å². The number of rotatable bonds is 5. The summed E-state index contributed by atoms with van der Waals surface area (Å²) in [5.74, 6) is -0.0494. The van der Waals surface area contributed by atoms with Gasteiger partial charge in [-0.2, -0.15) is 0 Å². The van der Waals surface area contributed by atoms with Gasteiger partial charge < -0.3 is 10.6 Å². The summed E-state index contributed by atoms with van der Waals surface area (Å²) >= 11 is 0. The molecule has 1 amide bonds. The minimum absolute atomic E-state index is 0.0494. The largest absolute Gasteiger partial charge is 0.371 e. The third kappa shape index (κ3) is 4.13. The molecule has 2 aromatic carbocycles. The second kappa shape index (κ2) is 6.86. The number of aryl methyl sites for hydroxylation is 2. The van der Waals surface area contributed by atoms with Crippen molar-refractivity contribution in [1.29, 1.82) is 0 Å². The molecular formula is C20H26N2O. The minimum atomic E-state index is -0.708. The summed E-state index contributed by atoms with van der Waals surface area (Å²) in [7, 11) is 0. The van der Waals surface area contributed by atoms with Crippen LogP contribution < -0.4 is 10.6 Å². The van der Waals surface area contributed by atoms with Crippen LogP contribution in [-0.2, 0) is 11.2 Å². The van der Waals surface area contributed by atoms with Gasteiger partial charge in [-0.1, -0.05) is 31.2 Å². The molecule has 0 aliphatic heterocycles. The van der Waals surface area contributed by atoms with Gasteiger partial charge >= 0.3 is 0 Å². The number of hydrogen-bond acceptors (Lipinski definition) is 2. The Hall–Kier alpha value is -2.29. The Balaban J connectivity index is 2.14. The normalized spacial score (nSPS) is 11.2. The Morgan fingerprint density at radius 2 is 1.78 bits per heavy atom. The molecule has 0 radical (unpaired) electrons. The van der Waals surface area contributed by atoms with Crippen molar-refractivity contribution in [2.24, 2.45) is 0 Å². The van der Waals surface area contributed by atoms with Gasteiger partial charge in [-0.3, -0.25) is 4.79 Å². The maximum atomic E-state index is 12.7. The van der Waals surface area contributed by atoms with Crippen molar-refractivity contribution in [3.8, 4) is 0 Å². The molecule has 2 aromatic rings. The molecule has 3 nitrogen and oxygen atoms in total. The molecule has 0 atom stereocenters. The molecule has 0 aromatic heterocycles. The third-order valence-corrected chi connectivity index (χ3v) is 4.21. The van der Waals surface area contributed by atoms with Crippen LogP contribution in [0, 0.1) is 13.8 Å². The molecule has 0 saturated carbocycles. The Morgan fingerprint density at radius 1 is 1.09 bits per heavy atom. The molecule has 0 heterocycles. The van der Waals surface area contributed by atoms with E-state index in [0.717, 1.165) is 17.8 Å². The van der Waals surface area contributed by atoms with Crippen LogP contribution in [0.15, 0.2) is 42.5 Å². The number of nitrogens with one attached hydrogen (secondary N) is 2. The molecule has 0 aliphatic rings. The summed E-state index contributed by atoms with van der Waals surface area (Å²) in [6.45, 7) is 10.0. The Morgan fingerprint density at radius 3 is 2.48 bits per heavy atom. The Labute approximate surface area is 139 Å². The minimum Gasteiger partial charge on any atom is -0.371 e. The van der Waals surface area contributed by atoms with E-state index in [4.69, 9.17) is 0 Å². The van der Waals surface area contributed by atoms with E-state index in [-0.39, 0.29) is 5.91 Å². The van der Waals surface area contributed by atoms with Gasteiger partial charge in [0.1, 0.15) is 5.54 Å². The maximum Gasteiger partial charge on any atom is 0.249 e. The lowest BCUT2D eigenvalue weighted by Crippen LogP contribution is -2.44. The highest BCUT2D eigenvalue weighted by Crippen LogP contribution is 2.23. The zero-order valence-corrected chi connectivity index (χ0v) is 14.7. The van der Waals surface area contributed by atoms with Crippen molar-refractivity contribution in [1.82, 2.24) is 0 Å². The summed E-state index contributed by atoms with van der Waals surface area (Å²) in [4.78, 5) is 12.7. The summed E-state index contributed by atoms with van der Waals surface area (Å²) in [6.07, 6.45) is 0.952. The van der Waals surface area contributed by atoms with Crippen molar-refractivity contribution >= 4 is 17.3 Å². The van der Waals surface area contributed by atoms with E-state index in [2.05, 4.69) is 43.5 Å². The Kier molecular flexibility index (Phi) is 5.09. The second-order valence-corrected chi connectivity index (χ2v) is 6.51. The molecule has 0 saturated heterocycles. The average Bonchev–Trinajstić information content (AvgIpc) is 2.52. The van der Waals surface area contributed by atoms with Crippen molar-refractivity contribution < 1.29 is 4.79 Å². The summed E-state index contributed by atoms with van der Waals surface area (Å²) in [6, 6.07) is 14.1. The highest BCUT2D eigenvalue weighted by molar-refractivity contribution is 5.99. The number of carbonyl (C=O) groups excluding carboxylic acids is 1. The fraction of sp³-hybridized carbons (Fsp3) is 0.350. The molecule has 0 unspecified atom stereocenters.